The van der Waals surface area contributed by atoms with Crippen molar-refractivity contribution in [2.45, 2.75) is 87.5 Å². The van der Waals surface area contributed by atoms with Crippen molar-refractivity contribution < 1.29 is 14.7 Å². The van der Waals surface area contributed by atoms with Gasteiger partial charge in [0.15, 0.2) is 11.6 Å². The number of aliphatic hydroxyl groups is 1. The summed E-state index contributed by atoms with van der Waals surface area (Å²) in [4.78, 5) is 27.0. The Labute approximate surface area is 190 Å². The van der Waals surface area contributed by atoms with Gasteiger partial charge in [-0.15, -0.1) is 0 Å². The van der Waals surface area contributed by atoms with Gasteiger partial charge in [-0.25, -0.2) is 0 Å². The lowest BCUT2D eigenvalue weighted by molar-refractivity contribution is -0.124. The van der Waals surface area contributed by atoms with Gasteiger partial charge in [0.1, 0.15) is 13.6 Å². The predicted octanol–water partition coefficient (Wildman–Crippen LogP) is 6.86. The molecule has 0 spiro atoms. The summed E-state index contributed by atoms with van der Waals surface area (Å²) in [5.41, 5.74) is 2.68. The number of carbonyl (C=O) groups is 2. The van der Waals surface area contributed by atoms with Crippen LogP contribution in [0.25, 0.3) is 0 Å². The molecule has 3 nitrogen and oxygen atoms in total. The Kier molecular flexibility index (Phi) is 10.00. The van der Waals surface area contributed by atoms with Crippen molar-refractivity contribution in [3.05, 3.63) is 57.3 Å². The molecule has 0 saturated heterocycles. The molecule has 0 amide bonds. The fraction of sp³-hybridized carbons (Fsp3) is 0.556. The first-order valence-electron chi connectivity index (χ1n) is 11.2. The zero-order valence-electron chi connectivity index (χ0n) is 20.7. The van der Waals surface area contributed by atoms with Gasteiger partial charge in [-0.3, -0.25) is 9.59 Å². The molecule has 0 aromatic rings. The average Bonchev–Trinajstić information content (AvgIpc) is 2.65. The highest BCUT2D eigenvalue weighted by Crippen LogP contribution is 2.46. The Morgan fingerprint density at radius 2 is 1.45 bits per heavy atom. The molecule has 1 aliphatic carbocycles. The molecule has 0 aromatic carbocycles. The molecule has 4 heteroatoms. The fourth-order valence-electron chi connectivity index (χ4n) is 3.59. The first-order valence-corrected chi connectivity index (χ1v) is 11.2. The molecule has 0 bridgehead atoms. The van der Waals surface area contributed by atoms with Gasteiger partial charge in [0.2, 0.25) is 0 Å². The Morgan fingerprint density at radius 1 is 0.968 bits per heavy atom. The SMILES string of the molecule is [B]C1=C(CC=C(C)C)C(=O)C(CC=C(C)C)(CC=C(C)C)C(O)=C1C(=O)CCC(C)C. The number of allylic oxidation sites excluding steroid dienone is 10. The lowest BCUT2D eigenvalue weighted by Crippen LogP contribution is -2.40. The third-order valence-electron chi connectivity index (χ3n) is 5.65. The second-order valence-electron chi connectivity index (χ2n) is 9.84. The van der Waals surface area contributed by atoms with Gasteiger partial charge in [0, 0.05) is 12.0 Å². The van der Waals surface area contributed by atoms with Crippen LogP contribution in [0, 0.1) is 11.3 Å². The molecule has 1 rings (SSSR count). The Morgan fingerprint density at radius 3 is 1.87 bits per heavy atom. The van der Waals surface area contributed by atoms with Gasteiger partial charge in [0.05, 0.1) is 5.41 Å². The van der Waals surface area contributed by atoms with E-state index in [1.165, 1.54) is 0 Å². The molecule has 0 aliphatic heterocycles. The van der Waals surface area contributed by atoms with Gasteiger partial charge < -0.3 is 5.11 Å². The number of hydrogen-bond acceptors (Lipinski definition) is 3. The molecular weight excluding hydrogens is 383 g/mol. The number of Topliss-reactive ketones (excluding diaryl/α,β-unsaturated/α-hetero) is 2. The highest BCUT2D eigenvalue weighted by Gasteiger charge is 2.47. The lowest BCUT2D eigenvalue weighted by Gasteiger charge is -2.37. The van der Waals surface area contributed by atoms with E-state index >= 15 is 0 Å². The smallest absolute Gasteiger partial charge is 0.172 e. The maximum atomic E-state index is 13.8. The van der Waals surface area contributed by atoms with Crippen molar-refractivity contribution >= 4 is 19.4 Å². The lowest BCUT2D eigenvalue weighted by atomic mass is 9.62. The van der Waals surface area contributed by atoms with Crippen molar-refractivity contribution in [2.75, 3.05) is 0 Å². The van der Waals surface area contributed by atoms with Crippen LogP contribution in [-0.4, -0.2) is 24.5 Å². The monoisotopic (exact) mass is 422 g/mol. The van der Waals surface area contributed by atoms with Gasteiger partial charge in [-0.05, 0) is 78.7 Å². The van der Waals surface area contributed by atoms with Crippen LogP contribution in [-0.2, 0) is 9.59 Å². The molecule has 168 valence electrons. The highest BCUT2D eigenvalue weighted by molar-refractivity contribution is 6.33. The maximum Gasteiger partial charge on any atom is 0.172 e. The van der Waals surface area contributed by atoms with Crippen molar-refractivity contribution in [3.63, 3.8) is 0 Å². The third-order valence-corrected chi connectivity index (χ3v) is 5.65. The molecule has 2 radical (unpaired) electrons. The minimum Gasteiger partial charge on any atom is -0.510 e. The largest absolute Gasteiger partial charge is 0.510 e. The Balaban J connectivity index is 3.78. The Bertz CT molecular complexity index is 831. The zero-order valence-corrected chi connectivity index (χ0v) is 20.7. The fourth-order valence-corrected chi connectivity index (χ4v) is 3.59. The van der Waals surface area contributed by atoms with Crippen LogP contribution in [0.1, 0.15) is 87.5 Å². The number of carbonyl (C=O) groups excluding carboxylic acids is 2. The third kappa shape index (κ3) is 6.95. The molecular formula is C27H39BO3. The summed E-state index contributed by atoms with van der Waals surface area (Å²) < 4.78 is 0. The topological polar surface area (TPSA) is 54.4 Å². The quantitative estimate of drug-likeness (QED) is 0.309. The molecule has 0 atom stereocenters. The minimum atomic E-state index is -1.20. The molecule has 0 unspecified atom stereocenters. The maximum absolute atomic E-state index is 13.8. The summed E-state index contributed by atoms with van der Waals surface area (Å²) in [7, 11) is 6.39. The molecule has 0 saturated carbocycles. The van der Waals surface area contributed by atoms with E-state index in [0.717, 1.165) is 16.7 Å². The first kappa shape index (κ1) is 26.9. The highest BCUT2D eigenvalue weighted by atomic mass is 16.3. The number of aliphatic hydroxyl groups excluding tert-OH is 1. The normalized spacial score (nSPS) is 15.8. The second-order valence-corrected chi connectivity index (χ2v) is 9.84. The van der Waals surface area contributed by atoms with Crippen molar-refractivity contribution in [3.8, 4) is 0 Å². The predicted molar refractivity (Wildman–Crippen MR) is 131 cm³/mol. The van der Waals surface area contributed by atoms with Crippen LogP contribution < -0.4 is 0 Å². The van der Waals surface area contributed by atoms with Gasteiger partial charge >= 0.3 is 0 Å². The molecule has 1 aliphatic rings. The van der Waals surface area contributed by atoms with Gasteiger partial charge in [-0.2, -0.15) is 0 Å². The van der Waals surface area contributed by atoms with E-state index in [2.05, 4.69) is 13.8 Å². The van der Waals surface area contributed by atoms with E-state index < -0.39 is 5.41 Å². The van der Waals surface area contributed by atoms with Crippen LogP contribution in [0.4, 0.5) is 0 Å². The van der Waals surface area contributed by atoms with Crippen molar-refractivity contribution in [2.24, 2.45) is 11.3 Å². The average molecular weight is 422 g/mol. The Hall–Kier alpha value is -2.10. The van der Waals surface area contributed by atoms with Crippen LogP contribution in [0.2, 0.25) is 0 Å². The van der Waals surface area contributed by atoms with E-state index in [0.29, 0.717) is 43.6 Å². The van der Waals surface area contributed by atoms with E-state index in [-0.39, 0.29) is 28.4 Å². The van der Waals surface area contributed by atoms with Crippen molar-refractivity contribution in [1.29, 1.82) is 0 Å². The summed E-state index contributed by atoms with van der Waals surface area (Å²) in [6.45, 7) is 15.9. The van der Waals surface area contributed by atoms with E-state index in [9.17, 15) is 14.7 Å². The summed E-state index contributed by atoms with van der Waals surface area (Å²) in [6, 6.07) is 0. The van der Waals surface area contributed by atoms with Gasteiger partial charge in [-0.1, -0.05) is 54.3 Å². The number of rotatable bonds is 10. The first-order chi connectivity index (χ1) is 14.3. The molecule has 1 N–H and O–H groups in total. The number of ketones is 2. The van der Waals surface area contributed by atoms with Crippen molar-refractivity contribution in [1.82, 2.24) is 0 Å². The molecule has 0 heterocycles. The van der Waals surface area contributed by atoms with Crippen LogP contribution in [0.5, 0.6) is 0 Å². The molecule has 0 aromatic heterocycles. The molecule has 31 heavy (non-hydrogen) atoms. The van der Waals surface area contributed by atoms with E-state index in [4.69, 9.17) is 7.85 Å². The van der Waals surface area contributed by atoms with E-state index in [1.54, 1.807) is 0 Å². The zero-order chi connectivity index (χ0) is 23.9. The van der Waals surface area contributed by atoms with E-state index in [1.807, 2.05) is 59.8 Å². The number of hydrogen-bond donors (Lipinski definition) is 1. The van der Waals surface area contributed by atoms with Crippen LogP contribution in [0.3, 0.4) is 0 Å². The van der Waals surface area contributed by atoms with Crippen LogP contribution >= 0.6 is 0 Å². The summed E-state index contributed by atoms with van der Waals surface area (Å²) in [5, 5.41) is 11.4. The summed E-state index contributed by atoms with van der Waals surface area (Å²) >= 11 is 0. The minimum absolute atomic E-state index is 0.138. The summed E-state index contributed by atoms with van der Waals surface area (Å²) in [6.07, 6.45) is 7.88. The van der Waals surface area contributed by atoms with Gasteiger partial charge in [0.25, 0.3) is 0 Å². The summed E-state index contributed by atoms with van der Waals surface area (Å²) in [5.74, 6) is -0.187. The van der Waals surface area contributed by atoms with Crippen LogP contribution in [0.15, 0.2) is 57.3 Å². The standard InChI is InChI=1S/C27H39BO3/c1-17(2)9-11-21-24(28)23(22(29)12-10-18(3)4)26(31)27(25(21)30,15-13-19(5)6)16-14-20(7)8/h9,13-14,18,31H,10-12,15-16H2,1-8H3. The second kappa shape index (κ2) is 11.5. The molecule has 0 fully saturated rings.